The Morgan fingerprint density at radius 1 is 1.17 bits per heavy atom. The number of carbonyl (C=O) groups is 2. The normalized spacial score (nSPS) is 20.2. The van der Waals surface area contributed by atoms with Crippen molar-refractivity contribution in [1.29, 1.82) is 0 Å². The van der Waals surface area contributed by atoms with Gasteiger partial charge in [0.15, 0.2) is 0 Å². The van der Waals surface area contributed by atoms with Crippen LogP contribution in [0.2, 0.25) is 0 Å². The fourth-order valence-electron chi connectivity index (χ4n) is 2.93. The Balaban J connectivity index is 2.29. The first-order valence-corrected chi connectivity index (χ1v) is 8.77. The average Bonchev–Trinajstić information content (AvgIpc) is 2.52. The quantitative estimate of drug-likeness (QED) is 0.830. The molecule has 132 valence electrons. The first-order chi connectivity index (χ1) is 11.4. The molecule has 5 heteroatoms. The van der Waals surface area contributed by atoms with Gasteiger partial charge in [-0.2, -0.15) is 0 Å². The van der Waals surface area contributed by atoms with Crippen molar-refractivity contribution in [2.24, 2.45) is 0 Å². The lowest BCUT2D eigenvalue weighted by molar-refractivity contribution is -0.122. The summed E-state index contributed by atoms with van der Waals surface area (Å²) >= 11 is 0. The van der Waals surface area contributed by atoms with Gasteiger partial charge < -0.3 is 15.5 Å². The number of nitrogens with one attached hydrogen (secondary N) is 2. The van der Waals surface area contributed by atoms with Crippen molar-refractivity contribution in [3.63, 3.8) is 0 Å². The van der Waals surface area contributed by atoms with Gasteiger partial charge in [0, 0.05) is 18.6 Å². The third-order valence-electron chi connectivity index (χ3n) is 4.08. The fraction of sp³-hybridized carbons (Fsp3) is 0.579. The van der Waals surface area contributed by atoms with E-state index in [1.54, 1.807) is 0 Å². The van der Waals surface area contributed by atoms with Crippen molar-refractivity contribution in [2.75, 3.05) is 13.1 Å². The molecule has 24 heavy (non-hydrogen) atoms. The van der Waals surface area contributed by atoms with Crippen LogP contribution in [0, 0.1) is 0 Å². The van der Waals surface area contributed by atoms with E-state index in [9.17, 15) is 9.59 Å². The number of benzene rings is 1. The largest absolute Gasteiger partial charge is 0.356 e. The lowest BCUT2D eigenvalue weighted by atomic mass is 10.00. The molecule has 1 aliphatic rings. The fourth-order valence-corrected chi connectivity index (χ4v) is 2.93. The Morgan fingerprint density at radius 2 is 1.88 bits per heavy atom. The molecule has 3 amide bonds. The molecule has 1 atom stereocenters. The van der Waals surface area contributed by atoms with Crippen LogP contribution >= 0.6 is 0 Å². The van der Waals surface area contributed by atoms with Crippen LogP contribution in [-0.2, 0) is 4.79 Å². The summed E-state index contributed by atoms with van der Waals surface area (Å²) < 4.78 is 0. The maximum atomic E-state index is 12.9. The second-order valence-corrected chi connectivity index (χ2v) is 7.41. The molecule has 1 saturated heterocycles. The molecule has 0 saturated carbocycles. The second kappa shape index (κ2) is 8.18. The highest BCUT2D eigenvalue weighted by molar-refractivity contribution is 5.79. The monoisotopic (exact) mass is 331 g/mol. The maximum absolute atomic E-state index is 12.9. The summed E-state index contributed by atoms with van der Waals surface area (Å²) in [5, 5.41) is 6.01. The molecule has 0 aliphatic carbocycles. The highest BCUT2D eigenvalue weighted by Gasteiger charge is 2.29. The summed E-state index contributed by atoms with van der Waals surface area (Å²) in [5.74, 6) is -0.000637. The Labute approximate surface area is 144 Å². The molecule has 1 unspecified atom stereocenters. The summed E-state index contributed by atoms with van der Waals surface area (Å²) in [6.45, 7) is 7.28. The minimum Gasteiger partial charge on any atom is -0.356 e. The smallest absolute Gasteiger partial charge is 0.318 e. The molecule has 0 radical (unpaired) electrons. The molecule has 1 aliphatic heterocycles. The van der Waals surface area contributed by atoms with Gasteiger partial charge in [0.25, 0.3) is 0 Å². The van der Waals surface area contributed by atoms with Crippen LogP contribution in [0.3, 0.4) is 0 Å². The summed E-state index contributed by atoms with van der Waals surface area (Å²) in [4.78, 5) is 26.9. The van der Waals surface area contributed by atoms with Gasteiger partial charge in [0.1, 0.15) is 0 Å². The van der Waals surface area contributed by atoms with Crippen molar-refractivity contribution in [3.05, 3.63) is 35.9 Å². The number of rotatable bonds is 1. The third-order valence-corrected chi connectivity index (χ3v) is 4.08. The van der Waals surface area contributed by atoms with Crippen LogP contribution in [0.5, 0.6) is 0 Å². The second-order valence-electron chi connectivity index (χ2n) is 7.41. The Bertz CT molecular complexity index is 551. The Hall–Kier alpha value is -2.04. The van der Waals surface area contributed by atoms with Crippen LogP contribution in [0.25, 0.3) is 0 Å². The number of urea groups is 1. The molecule has 5 nitrogen and oxygen atoms in total. The van der Waals surface area contributed by atoms with Crippen molar-refractivity contribution in [1.82, 2.24) is 15.5 Å². The lowest BCUT2D eigenvalue weighted by Crippen LogP contribution is -2.50. The zero-order chi connectivity index (χ0) is 17.6. The lowest BCUT2D eigenvalue weighted by Gasteiger charge is -2.35. The van der Waals surface area contributed by atoms with Gasteiger partial charge in [-0.05, 0) is 45.6 Å². The van der Waals surface area contributed by atoms with Crippen molar-refractivity contribution in [2.45, 2.75) is 58.0 Å². The van der Waals surface area contributed by atoms with Gasteiger partial charge in [0.2, 0.25) is 5.91 Å². The predicted octanol–water partition coefficient (Wildman–Crippen LogP) is 3.23. The van der Waals surface area contributed by atoms with Crippen LogP contribution in [0.15, 0.2) is 30.3 Å². The van der Waals surface area contributed by atoms with E-state index in [-0.39, 0.29) is 23.5 Å². The molecule has 2 rings (SSSR count). The number of nitrogens with zero attached hydrogens (tertiary/aromatic N) is 1. The van der Waals surface area contributed by atoms with E-state index in [0.29, 0.717) is 19.5 Å². The van der Waals surface area contributed by atoms with Gasteiger partial charge in [0.05, 0.1) is 12.5 Å². The van der Waals surface area contributed by atoms with E-state index in [0.717, 1.165) is 24.8 Å². The van der Waals surface area contributed by atoms with E-state index >= 15 is 0 Å². The van der Waals surface area contributed by atoms with E-state index < -0.39 is 0 Å². The molecular formula is C19H29N3O2. The predicted molar refractivity (Wildman–Crippen MR) is 95.7 cm³/mol. The van der Waals surface area contributed by atoms with Gasteiger partial charge >= 0.3 is 6.03 Å². The Kier molecular flexibility index (Phi) is 6.23. The SMILES string of the molecule is CC(C)(C)NC(=O)N1CCCCCNC(=O)CC1c1ccccc1. The van der Waals surface area contributed by atoms with Crippen LogP contribution in [0.1, 0.15) is 58.1 Å². The molecular weight excluding hydrogens is 302 g/mol. The van der Waals surface area contributed by atoms with Crippen LogP contribution in [0.4, 0.5) is 4.79 Å². The number of carbonyl (C=O) groups excluding carboxylic acids is 2. The Morgan fingerprint density at radius 3 is 2.54 bits per heavy atom. The number of hydrogen-bond donors (Lipinski definition) is 2. The van der Waals surface area contributed by atoms with E-state index in [1.807, 2.05) is 56.0 Å². The molecule has 1 fully saturated rings. The molecule has 0 aromatic heterocycles. The highest BCUT2D eigenvalue weighted by Crippen LogP contribution is 2.26. The summed E-state index contributed by atoms with van der Waals surface area (Å²) in [6.07, 6.45) is 3.19. The first-order valence-electron chi connectivity index (χ1n) is 8.77. The third kappa shape index (κ3) is 5.55. The van der Waals surface area contributed by atoms with Crippen molar-refractivity contribution in [3.8, 4) is 0 Å². The minimum absolute atomic E-state index is 0.000637. The molecule has 1 aromatic rings. The topological polar surface area (TPSA) is 61.4 Å². The maximum Gasteiger partial charge on any atom is 0.318 e. The van der Waals surface area contributed by atoms with E-state index in [4.69, 9.17) is 0 Å². The van der Waals surface area contributed by atoms with Gasteiger partial charge in [-0.3, -0.25) is 4.79 Å². The molecule has 2 N–H and O–H groups in total. The zero-order valence-corrected chi connectivity index (χ0v) is 15.0. The first kappa shape index (κ1) is 18.3. The van der Waals surface area contributed by atoms with E-state index in [2.05, 4.69) is 10.6 Å². The number of amides is 3. The molecule has 1 aromatic carbocycles. The summed E-state index contributed by atoms with van der Waals surface area (Å²) in [7, 11) is 0. The van der Waals surface area contributed by atoms with Gasteiger partial charge in [-0.25, -0.2) is 4.79 Å². The zero-order valence-electron chi connectivity index (χ0n) is 15.0. The van der Waals surface area contributed by atoms with Crippen LogP contribution < -0.4 is 10.6 Å². The highest BCUT2D eigenvalue weighted by atomic mass is 16.2. The average molecular weight is 331 g/mol. The van der Waals surface area contributed by atoms with Crippen molar-refractivity contribution < 1.29 is 9.59 Å². The molecule has 0 spiro atoms. The van der Waals surface area contributed by atoms with Crippen molar-refractivity contribution >= 4 is 11.9 Å². The molecule has 0 bridgehead atoms. The summed E-state index contributed by atoms with van der Waals surface area (Å²) in [5.41, 5.74) is 0.688. The van der Waals surface area contributed by atoms with Crippen LogP contribution in [-0.4, -0.2) is 35.5 Å². The standard InChI is InChI=1S/C19H29N3O2/c1-19(2,3)21-18(24)22-13-9-5-8-12-20-17(23)14-16(22)15-10-6-4-7-11-15/h4,6-7,10-11,16H,5,8-9,12-14H2,1-3H3,(H,20,23)(H,21,24). The minimum atomic E-state index is -0.310. The molecule has 1 heterocycles. The van der Waals surface area contributed by atoms with E-state index in [1.165, 1.54) is 0 Å². The summed E-state index contributed by atoms with van der Waals surface area (Å²) in [6, 6.07) is 9.47. The number of hydrogen-bond acceptors (Lipinski definition) is 2. The van der Waals surface area contributed by atoms with Gasteiger partial charge in [-0.15, -0.1) is 0 Å². The van der Waals surface area contributed by atoms with Gasteiger partial charge in [-0.1, -0.05) is 30.3 Å².